The molecule has 3 atom stereocenters. The maximum absolute atomic E-state index is 12.8. The lowest BCUT2D eigenvalue weighted by Gasteiger charge is -2.46. The second-order valence-electron chi connectivity index (χ2n) is 9.84. The standard InChI is InChI=1S/C27H32N4O.CH2O2/c1-17-26(30-23-8-3-19(16-28)4-9-23)24-15-22(20-11-13-29-14-12-20)7-10-25(24)31(18(2)32)27(17)21-5-6-21;2-1-3/h3-4,7-10,15,17,20-21,26-27,29-30H,5-6,11-14H2,1-2H3;1H,(H,2,3)/t17-,26-,27-;/m1./s1. The van der Waals surface area contributed by atoms with Gasteiger partial charge in [0.2, 0.25) is 5.91 Å². The molecule has 0 aromatic heterocycles. The number of nitriles is 1. The molecule has 7 heteroatoms. The highest BCUT2D eigenvalue weighted by atomic mass is 16.3. The van der Waals surface area contributed by atoms with Crippen LogP contribution in [0.2, 0.25) is 0 Å². The number of fused-ring (bicyclic) bond motifs is 1. The third-order valence-electron chi connectivity index (χ3n) is 7.60. The molecule has 0 unspecified atom stereocenters. The van der Waals surface area contributed by atoms with Crippen LogP contribution in [0.4, 0.5) is 11.4 Å². The number of nitrogens with one attached hydrogen (secondary N) is 2. The zero-order chi connectivity index (χ0) is 24.9. The lowest BCUT2D eigenvalue weighted by molar-refractivity contribution is -0.123. The van der Waals surface area contributed by atoms with E-state index in [1.165, 1.54) is 24.0 Å². The van der Waals surface area contributed by atoms with Gasteiger partial charge in [-0.15, -0.1) is 0 Å². The molecule has 0 bridgehead atoms. The highest BCUT2D eigenvalue weighted by Crippen LogP contribution is 2.50. The van der Waals surface area contributed by atoms with E-state index in [-0.39, 0.29) is 30.4 Å². The van der Waals surface area contributed by atoms with Crippen molar-refractivity contribution in [2.45, 2.75) is 57.5 Å². The summed E-state index contributed by atoms with van der Waals surface area (Å²) in [4.78, 5) is 23.3. The number of carboxylic acid groups (broad SMARTS) is 1. The first-order valence-electron chi connectivity index (χ1n) is 12.5. The van der Waals surface area contributed by atoms with Crippen LogP contribution in [-0.2, 0) is 9.59 Å². The van der Waals surface area contributed by atoms with E-state index in [2.05, 4.69) is 46.7 Å². The van der Waals surface area contributed by atoms with Crippen LogP contribution in [0.15, 0.2) is 42.5 Å². The first-order chi connectivity index (χ1) is 17.0. The Morgan fingerprint density at radius 3 is 2.37 bits per heavy atom. The Balaban J connectivity index is 0.000000917. The molecule has 1 amide bonds. The summed E-state index contributed by atoms with van der Waals surface area (Å²) in [6.45, 7) is 5.88. The minimum absolute atomic E-state index is 0.126. The van der Waals surface area contributed by atoms with E-state index >= 15 is 0 Å². The van der Waals surface area contributed by atoms with E-state index in [4.69, 9.17) is 15.2 Å². The second-order valence-corrected chi connectivity index (χ2v) is 9.84. The van der Waals surface area contributed by atoms with Gasteiger partial charge in [-0.2, -0.15) is 5.26 Å². The highest BCUT2D eigenvalue weighted by molar-refractivity contribution is 5.94. The molecular formula is C28H34N4O3. The minimum Gasteiger partial charge on any atom is -0.483 e. The van der Waals surface area contributed by atoms with Gasteiger partial charge in [0.1, 0.15) is 0 Å². The molecule has 5 rings (SSSR count). The van der Waals surface area contributed by atoms with E-state index in [9.17, 15) is 4.79 Å². The quantitative estimate of drug-likeness (QED) is 0.557. The van der Waals surface area contributed by atoms with Crippen LogP contribution < -0.4 is 15.5 Å². The lowest BCUT2D eigenvalue weighted by Crippen LogP contribution is -2.51. The van der Waals surface area contributed by atoms with Gasteiger partial charge in [-0.25, -0.2) is 0 Å². The molecule has 2 aromatic rings. The summed E-state index contributed by atoms with van der Waals surface area (Å²) in [7, 11) is 0. The third kappa shape index (κ3) is 5.33. The lowest BCUT2D eigenvalue weighted by atomic mass is 9.78. The fraction of sp³-hybridized carbons (Fsp3) is 0.464. The molecule has 35 heavy (non-hydrogen) atoms. The Hall–Kier alpha value is -3.37. The van der Waals surface area contributed by atoms with E-state index in [0.29, 0.717) is 17.4 Å². The zero-order valence-corrected chi connectivity index (χ0v) is 20.4. The zero-order valence-electron chi connectivity index (χ0n) is 20.4. The van der Waals surface area contributed by atoms with Crippen LogP contribution in [0.5, 0.6) is 0 Å². The monoisotopic (exact) mass is 474 g/mol. The van der Waals surface area contributed by atoms with Crippen molar-refractivity contribution >= 4 is 23.8 Å². The minimum atomic E-state index is -0.250. The summed E-state index contributed by atoms with van der Waals surface area (Å²) in [6.07, 6.45) is 4.71. The van der Waals surface area contributed by atoms with Crippen LogP contribution in [-0.4, -0.2) is 36.6 Å². The van der Waals surface area contributed by atoms with E-state index in [1.807, 2.05) is 24.3 Å². The van der Waals surface area contributed by atoms with Crippen molar-refractivity contribution in [3.63, 3.8) is 0 Å². The van der Waals surface area contributed by atoms with Crippen LogP contribution in [0.1, 0.15) is 68.2 Å². The molecular weight excluding hydrogens is 440 g/mol. The molecule has 2 heterocycles. The van der Waals surface area contributed by atoms with Gasteiger partial charge >= 0.3 is 0 Å². The first kappa shape index (κ1) is 24.7. The van der Waals surface area contributed by atoms with Crippen molar-refractivity contribution in [3.8, 4) is 6.07 Å². The number of benzene rings is 2. The Labute approximate surface area is 207 Å². The molecule has 2 fully saturated rings. The molecule has 1 saturated carbocycles. The van der Waals surface area contributed by atoms with E-state index in [0.717, 1.165) is 37.3 Å². The molecule has 0 spiro atoms. The van der Waals surface area contributed by atoms with E-state index < -0.39 is 0 Å². The largest absolute Gasteiger partial charge is 0.483 e. The number of hydrogen-bond donors (Lipinski definition) is 3. The van der Waals surface area contributed by atoms with Gasteiger partial charge in [0.05, 0.1) is 17.7 Å². The topological polar surface area (TPSA) is 105 Å². The Morgan fingerprint density at radius 1 is 1.14 bits per heavy atom. The van der Waals surface area contributed by atoms with Crippen molar-refractivity contribution in [3.05, 3.63) is 59.2 Å². The number of nitrogens with zero attached hydrogens (tertiary/aromatic N) is 2. The fourth-order valence-corrected chi connectivity index (χ4v) is 5.81. The van der Waals surface area contributed by atoms with Crippen molar-refractivity contribution in [2.24, 2.45) is 11.8 Å². The van der Waals surface area contributed by atoms with Crippen molar-refractivity contribution in [1.29, 1.82) is 5.26 Å². The number of rotatable bonds is 4. The number of piperidine rings is 1. The van der Waals surface area contributed by atoms with Gasteiger partial charge in [-0.05, 0) is 92.1 Å². The van der Waals surface area contributed by atoms with Crippen molar-refractivity contribution < 1.29 is 14.7 Å². The summed E-state index contributed by atoms with van der Waals surface area (Å²) < 4.78 is 0. The fourth-order valence-electron chi connectivity index (χ4n) is 5.81. The molecule has 2 aromatic carbocycles. The second kappa shape index (κ2) is 10.9. The number of amides is 1. The van der Waals surface area contributed by atoms with Crippen LogP contribution >= 0.6 is 0 Å². The van der Waals surface area contributed by atoms with Crippen LogP contribution in [0.3, 0.4) is 0 Å². The van der Waals surface area contributed by atoms with Gasteiger partial charge in [-0.3, -0.25) is 9.59 Å². The molecule has 0 radical (unpaired) electrons. The normalized spacial score (nSPS) is 23.8. The van der Waals surface area contributed by atoms with Gasteiger partial charge < -0.3 is 20.6 Å². The molecule has 3 aliphatic rings. The van der Waals surface area contributed by atoms with Gasteiger partial charge in [0, 0.05) is 30.3 Å². The number of anilines is 2. The van der Waals surface area contributed by atoms with Crippen molar-refractivity contribution in [1.82, 2.24) is 5.32 Å². The van der Waals surface area contributed by atoms with Crippen LogP contribution in [0, 0.1) is 23.2 Å². The smallest absolute Gasteiger partial charge is 0.290 e. The molecule has 1 saturated heterocycles. The average molecular weight is 475 g/mol. The average Bonchev–Trinajstić information content (AvgIpc) is 3.71. The number of hydrogen-bond acceptors (Lipinski definition) is 5. The number of carbonyl (C=O) groups excluding carboxylic acids is 1. The molecule has 2 aliphatic heterocycles. The first-order valence-corrected chi connectivity index (χ1v) is 12.5. The predicted molar refractivity (Wildman–Crippen MR) is 136 cm³/mol. The summed E-state index contributed by atoms with van der Waals surface area (Å²) in [5.74, 6) is 1.58. The third-order valence-corrected chi connectivity index (χ3v) is 7.60. The maximum Gasteiger partial charge on any atom is 0.290 e. The molecule has 7 nitrogen and oxygen atoms in total. The summed E-state index contributed by atoms with van der Waals surface area (Å²) in [5.41, 5.74) is 5.36. The van der Waals surface area contributed by atoms with Gasteiger partial charge in [0.25, 0.3) is 6.47 Å². The Kier molecular flexibility index (Phi) is 7.72. The summed E-state index contributed by atoms with van der Waals surface area (Å²) in [6, 6.07) is 17.1. The van der Waals surface area contributed by atoms with E-state index in [1.54, 1.807) is 6.92 Å². The summed E-state index contributed by atoms with van der Waals surface area (Å²) in [5, 5.41) is 23.3. The van der Waals surface area contributed by atoms with Gasteiger partial charge in [0.15, 0.2) is 0 Å². The van der Waals surface area contributed by atoms with Gasteiger partial charge in [-0.1, -0.05) is 19.1 Å². The Morgan fingerprint density at radius 2 is 1.80 bits per heavy atom. The SMILES string of the molecule is CC(=O)N1c2ccc(C3CCNCC3)cc2[C@H](Nc2ccc(C#N)cc2)[C@@H](C)[C@@H]1C1CC1.O=CO. The maximum atomic E-state index is 12.8. The molecule has 3 N–H and O–H groups in total. The molecule has 1 aliphatic carbocycles. The summed E-state index contributed by atoms with van der Waals surface area (Å²) >= 11 is 0. The van der Waals surface area contributed by atoms with Crippen molar-refractivity contribution in [2.75, 3.05) is 23.3 Å². The van der Waals surface area contributed by atoms with Crippen LogP contribution in [0.25, 0.3) is 0 Å². The number of carbonyl (C=O) groups is 2. The molecule has 184 valence electrons. The Bertz CT molecular complexity index is 1080. The predicted octanol–water partition coefficient (Wildman–Crippen LogP) is 4.66. The highest BCUT2D eigenvalue weighted by Gasteiger charge is 2.47.